The summed E-state index contributed by atoms with van der Waals surface area (Å²) in [6, 6.07) is 3.14. The van der Waals surface area contributed by atoms with Gasteiger partial charge < -0.3 is 19.4 Å². The molecule has 2 N–H and O–H groups in total. The molecule has 0 aliphatic heterocycles. The molecule has 0 amide bonds. The molecule has 1 aromatic heterocycles. The average molecular weight is 445 g/mol. The molecule has 5 rings (SSSR count). The predicted molar refractivity (Wildman–Crippen MR) is 118 cm³/mol. The Morgan fingerprint density at radius 2 is 1.91 bits per heavy atom. The van der Waals surface area contributed by atoms with Crippen molar-refractivity contribution in [3.05, 3.63) is 34.4 Å². The topological polar surface area (TPSA) is 97.0 Å². The highest BCUT2D eigenvalue weighted by atomic mass is 16.5. The number of fused-ring (bicyclic) bond motifs is 5. The van der Waals surface area contributed by atoms with E-state index in [1.807, 2.05) is 0 Å². The molecule has 0 saturated heterocycles. The zero-order valence-electron chi connectivity index (χ0n) is 19.4. The third-order valence-electron chi connectivity index (χ3n) is 10.4. The summed E-state index contributed by atoms with van der Waals surface area (Å²) in [4.78, 5) is 24.5. The number of ether oxygens (including phenoxy) is 1. The number of hydrogen-bond donors (Lipinski definition) is 2. The molecule has 6 heteroatoms. The van der Waals surface area contributed by atoms with Crippen molar-refractivity contribution in [3.63, 3.8) is 0 Å². The Morgan fingerprint density at radius 3 is 2.59 bits per heavy atom. The Balaban J connectivity index is 1.56. The summed E-state index contributed by atoms with van der Waals surface area (Å²) < 4.78 is 10.4. The number of aliphatic hydroxyl groups is 2. The van der Waals surface area contributed by atoms with Gasteiger partial charge >= 0.3 is 11.6 Å². The maximum atomic E-state index is 12.9. The number of rotatable bonds is 2. The fourth-order valence-electron chi connectivity index (χ4n) is 8.80. The zero-order valence-corrected chi connectivity index (χ0v) is 19.4. The van der Waals surface area contributed by atoms with Crippen LogP contribution in [-0.4, -0.2) is 35.0 Å². The van der Waals surface area contributed by atoms with Gasteiger partial charge in [-0.05, 0) is 86.2 Å². The van der Waals surface area contributed by atoms with E-state index in [-0.39, 0.29) is 29.3 Å². The van der Waals surface area contributed by atoms with Crippen LogP contribution in [0.15, 0.2) is 27.6 Å². The van der Waals surface area contributed by atoms with E-state index in [1.54, 1.807) is 6.07 Å². The SMILES string of the molecule is COC(=O)[C@H]1C[C@@]2(O)[C@@H]3CC[C@H]4C[C@@H](O)CC[C@]4(C)[C@H]3CC[C@]2(C)[C@H]1c1ccc(=O)oc1. The molecule has 4 saturated carbocycles. The average Bonchev–Trinajstić information content (AvgIpc) is 3.02. The smallest absolute Gasteiger partial charge is 0.335 e. The molecule has 1 aromatic rings. The van der Waals surface area contributed by atoms with Crippen molar-refractivity contribution in [2.45, 2.75) is 82.8 Å². The molecule has 4 fully saturated rings. The second-order valence-electron chi connectivity index (χ2n) is 11.5. The Bertz CT molecular complexity index is 935. The van der Waals surface area contributed by atoms with E-state index in [1.165, 1.54) is 19.4 Å². The number of esters is 1. The van der Waals surface area contributed by atoms with Crippen molar-refractivity contribution in [2.75, 3.05) is 7.11 Å². The Kier molecular flexibility index (Phi) is 5.14. The van der Waals surface area contributed by atoms with Gasteiger partial charge in [0, 0.05) is 17.4 Å². The van der Waals surface area contributed by atoms with Gasteiger partial charge in [0.05, 0.1) is 31.0 Å². The summed E-state index contributed by atoms with van der Waals surface area (Å²) in [5.74, 6) is -0.0349. The lowest BCUT2D eigenvalue weighted by atomic mass is 9.43. The molecule has 1 heterocycles. The lowest BCUT2D eigenvalue weighted by Gasteiger charge is -2.63. The summed E-state index contributed by atoms with van der Waals surface area (Å²) >= 11 is 0. The zero-order chi connectivity index (χ0) is 22.9. The van der Waals surface area contributed by atoms with Crippen molar-refractivity contribution in [1.82, 2.24) is 0 Å². The fraction of sp³-hybridized carbons (Fsp3) is 0.769. The maximum Gasteiger partial charge on any atom is 0.335 e. The van der Waals surface area contributed by atoms with E-state index in [2.05, 4.69) is 13.8 Å². The van der Waals surface area contributed by atoms with Gasteiger partial charge in [-0.25, -0.2) is 4.79 Å². The first-order chi connectivity index (χ1) is 15.1. The van der Waals surface area contributed by atoms with Gasteiger partial charge in [0.25, 0.3) is 0 Å². The van der Waals surface area contributed by atoms with Crippen molar-refractivity contribution in [2.24, 2.45) is 34.5 Å². The summed E-state index contributed by atoms with van der Waals surface area (Å²) in [5, 5.41) is 22.7. The van der Waals surface area contributed by atoms with Gasteiger partial charge in [0.15, 0.2) is 0 Å². The van der Waals surface area contributed by atoms with Crippen LogP contribution in [0.3, 0.4) is 0 Å². The third-order valence-corrected chi connectivity index (χ3v) is 10.4. The van der Waals surface area contributed by atoms with Gasteiger partial charge in [-0.2, -0.15) is 0 Å². The van der Waals surface area contributed by atoms with E-state index in [9.17, 15) is 19.8 Å². The summed E-state index contributed by atoms with van der Waals surface area (Å²) in [6.07, 6.45) is 8.11. The van der Waals surface area contributed by atoms with Crippen molar-refractivity contribution in [3.8, 4) is 0 Å². The molecular weight excluding hydrogens is 408 g/mol. The molecule has 0 bridgehead atoms. The van der Waals surface area contributed by atoms with Gasteiger partial charge in [-0.15, -0.1) is 0 Å². The first-order valence-corrected chi connectivity index (χ1v) is 12.2. The van der Waals surface area contributed by atoms with E-state index in [0.717, 1.165) is 50.5 Å². The number of hydrogen-bond acceptors (Lipinski definition) is 6. The maximum absolute atomic E-state index is 12.9. The van der Waals surface area contributed by atoms with Crippen LogP contribution in [0, 0.1) is 34.5 Å². The molecule has 0 spiro atoms. The molecule has 4 aliphatic rings. The fourth-order valence-corrected chi connectivity index (χ4v) is 8.80. The minimum atomic E-state index is -0.986. The molecule has 0 unspecified atom stereocenters. The Hall–Kier alpha value is -1.66. The first-order valence-electron chi connectivity index (χ1n) is 12.2. The molecule has 9 atom stereocenters. The highest BCUT2D eigenvalue weighted by Gasteiger charge is 2.70. The lowest BCUT2D eigenvalue weighted by molar-refractivity contribution is -0.205. The van der Waals surface area contributed by atoms with Gasteiger partial charge in [0.1, 0.15) is 0 Å². The highest BCUT2D eigenvalue weighted by molar-refractivity contribution is 5.75. The van der Waals surface area contributed by atoms with E-state index in [4.69, 9.17) is 9.15 Å². The molecule has 4 aliphatic carbocycles. The molecular formula is C26H36O6. The quantitative estimate of drug-likeness (QED) is 0.676. The van der Waals surface area contributed by atoms with Crippen LogP contribution in [-0.2, 0) is 9.53 Å². The standard InChI is InChI=1S/C26H36O6/c1-24-10-8-17(27)12-16(24)5-6-20-19(24)9-11-25(2)22(15-4-7-21(28)32-14-15)18(23(29)31-3)13-26(20,25)30/h4,7,14,16-20,22,27,30H,5-6,8-13H2,1-3H3/t16-,17-,18-,19-,20+,22-,24-,25+,26+/m0/s1. The van der Waals surface area contributed by atoms with Crippen molar-refractivity contribution >= 4 is 5.97 Å². The van der Waals surface area contributed by atoms with Crippen LogP contribution in [0.2, 0.25) is 0 Å². The second-order valence-corrected chi connectivity index (χ2v) is 11.5. The lowest BCUT2D eigenvalue weighted by Crippen LogP contribution is -2.62. The van der Waals surface area contributed by atoms with Crippen LogP contribution < -0.4 is 5.63 Å². The van der Waals surface area contributed by atoms with Crippen LogP contribution in [0.25, 0.3) is 0 Å². The van der Waals surface area contributed by atoms with Gasteiger partial charge in [-0.1, -0.05) is 13.8 Å². The van der Waals surface area contributed by atoms with Crippen molar-refractivity contribution < 1.29 is 24.2 Å². The number of carbonyl (C=O) groups excluding carboxylic acids is 1. The third kappa shape index (κ3) is 2.91. The highest BCUT2D eigenvalue weighted by Crippen LogP contribution is 2.71. The molecule has 176 valence electrons. The summed E-state index contributed by atoms with van der Waals surface area (Å²) in [5.41, 5.74) is -1.00. The largest absolute Gasteiger partial charge is 0.469 e. The molecule has 6 nitrogen and oxygen atoms in total. The summed E-state index contributed by atoms with van der Waals surface area (Å²) in [6.45, 7) is 4.50. The Morgan fingerprint density at radius 1 is 1.12 bits per heavy atom. The van der Waals surface area contributed by atoms with E-state index < -0.39 is 22.6 Å². The molecule has 32 heavy (non-hydrogen) atoms. The number of aliphatic hydroxyl groups excluding tert-OH is 1. The molecule has 0 aromatic carbocycles. The predicted octanol–water partition coefficient (Wildman–Crippen LogP) is 3.64. The van der Waals surface area contributed by atoms with Gasteiger partial charge in [0.2, 0.25) is 0 Å². The minimum absolute atomic E-state index is 0.116. The van der Waals surface area contributed by atoms with E-state index in [0.29, 0.717) is 18.3 Å². The van der Waals surface area contributed by atoms with Gasteiger partial charge in [-0.3, -0.25) is 4.79 Å². The second kappa shape index (κ2) is 7.42. The number of carbonyl (C=O) groups is 1. The first kappa shape index (κ1) is 22.1. The Labute approximate surface area is 189 Å². The van der Waals surface area contributed by atoms with Crippen LogP contribution in [0.5, 0.6) is 0 Å². The van der Waals surface area contributed by atoms with Crippen LogP contribution >= 0.6 is 0 Å². The van der Waals surface area contributed by atoms with Crippen molar-refractivity contribution in [1.29, 1.82) is 0 Å². The summed E-state index contributed by atoms with van der Waals surface area (Å²) in [7, 11) is 1.40. The normalized spacial score (nSPS) is 47.8. The minimum Gasteiger partial charge on any atom is -0.469 e. The van der Waals surface area contributed by atoms with Crippen LogP contribution in [0.4, 0.5) is 0 Å². The van der Waals surface area contributed by atoms with Crippen LogP contribution in [0.1, 0.15) is 76.7 Å². The monoisotopic (exact) mass is 444 g/mol. The molecule has 0 radical (unpaired) electrons. The van der Waals surface area contributed by atoms with E-state index >= 15 is 0 Å². The number of methoxy groups -OCH3 is 1.